The molecule has 0 spiro atoms. The van der Waals surface area contributed by atoms with Crippen molar-refractivity contribution in [3.05, 3.63) is 0 Å². The van der Waals surface area contributed by atoms with Gasteiger partial charge in [-0.15, -0.1) is 0 Å². The van der Waals surface area contributed by atoms with E-state index in [1.807, 2.05) is 0 Å². The second kappa shape index (κ2) is 13.0. The Hall–Kier alpha value is -2.25. The van der Waals surface area contributed by atoms with E-state index in [4.69, 9.17) is 37.9 Å². The Morgan fingerprint density at radius 2 is 0.885 bits per heavy atom. The summed E-state index contributed by atoms with van der Waals surface area (Å²) in [5.74, 6) is 0. The molecule has 144 valence electrons. The molecule has 0 aromatic rings. The number of nitrogens with zero attached hydrogens (tertiary/aromatic N) is 7. The normalized spacial score (nSPS) is 15.8. The molecule has 0 amide bonds. The van der Waals surface area contributed by atoms with Crippen LogP contribution in [-0.2, 0) is 37.9 Å². The lowest BCUT2D eigenvalue weighted by Gasteiger charge is -2.11. The van der Waals surface area contributed by atoms with Crippen molar-refractivity contribution in [2.45, 2.75) is 27.7 Å². The number of amidine groups is 3. The molecule has 0 aromatic carbocycles. The molecule has 0 saturated heterocycles. The van der Waals surface area contributed by atoms with Crippen molar-refractivity contribution in [3.63, 3.8) is 0 Å². The van der Waals surface area contributed by atoms with E-state index in [2.05, 4.69) is 51.8 Å². The van der Waals surface area contributed by atoms with E-state index in [1.165, 1.54) is 0 Å². The fourth-order valence-corrected chi connectivity index (χ4v) is 1.13. The number of nitrogens with one attached hydrogen (secondary N) is 3. The predicted octanol–water partition coefficient (Wildman–Crippen LogP) is 0.227. The Labute approximate surface area is 169 Å². The number of aliphatic imine (C=N–C) groups is 2. The van der Waals surface area contributed by atoms with Crippen LogP contribution in [0.3, 0.4) is 0 Å². The summed E-state index contributed by atoms with van der Waals surface area (Å²) in [5, 5.41) is 20.6. The Bertz CT molecular complexity index is 688. The molecule has 0 unspecified atom stereocenters. The summed E-state index contributed by atoms with van der Waals surface area (Å²) in [7, 11) is 3.14. The van der Waals surface area contributed by atoms with Crippen LogP contribution < -0.4 is 16.3 Å². The molecule has 0 fully saturated rings. The first-order valence-corrected chi connectivity index (χ1v) is 8.42. The van der Waals surface area contributed by atoms with Gasteiger partial charge in [0, 0.05) is 19.3 Å². The first kappa shape index (κ1) is 23.8. The van der Waals surface area contributed by atoms with Gasteiger partial charge in [-0.1, -0.05) is 0 Å². The standard InChI is InChI=1S/C13H24N10S3/c1-7(16-20-11(24)14-5)9(3)18-22-13(26)23-19-10(4)8(2)17-21-12(25)15-6/h1-6H3,(H2,14,20,24)(H2,15,21,25)(H2,22,23,26)/p-3/b16-7-,17-8-,18-9-,19-10-. The van der Waals surface area contributed by atoms with E-state index >= 15 is 0 Å². The van der Waals surface area contributed by atoms with Crippen LogP contribution in [0.2, 0.25) is 0 Å². The summed E-state index contributed by atoms with van der Waals surface area (Å²) in [6.07, 6.45) is 0. The Morgan fingerprint density at radius 1 is 0.538 bits per heavy atom. The van der Waals surface area contributed by atoms with Gasteiger partial charge >= 0.3 is 0 Å². The van der Waals surface area contributed by atoms with Gasteiger partial charge in [-0.05, 0) is 38.0 Å². The van der Waals surface area contributed by atoms with Crippen LogP contribution in [0.1, 0.15) is 27.7 Å². The monoisotopic (exact) mass is 413 g/mol. The molecule has 0 atom stereocenters. The number of rotatable bonds is 6. The van der Waals surface area contributed by atoms with E-state index < -0.39 is 0 Å². The second-order valence-electron chi connectivity index (χ2n) is 4.58. The summed E-state index contributed by atoms with van der Waals surface area (Å²) in [4.78, 5) is 7.51. The van der Waals surface area contributed by atoms with Gasteiger partial charge in [-0.2, -0.15) is 25.5 Å². The van der Waals surface area contributed by atoms with Crippen LogP contribution in [0.15, 0.2) is 35.5 Å². The molecule has 3 N–H and O–H groups in total. The molecule has 0 rings (SSSR count). The Balaban J connectivity index is 4.86. The van der Waals surface area contributed by atoms with Crippen LogP contribution in [0.4, 0.5) is 0 Å². The fourth-order valence-electron chi connectivity index (χ4n) is 0.953. The smallest absolute Gasteiger partial charge is 0.0829 e. The highest BCUT2D eigenvalue weighted by Crippen LogP contribution is 1.87. The van der Waals surface area contributed by atoms with Crippen LogP contribution >= 0.6 is 0 Å². The molecule has 0 bridgehead atoms. The molecule has 0 radical (unpaired) electrons. The maximum atomic E-state index is 5.04. The predicted molar refractivity (Wildman–Crippen MR) is 118 cm³/mol. The van der Waals surface area contributed by atoms with Crippen LogP contribution in [0.5, 0.6) is 0 Å². The van der Waals surface area contributed by atoms with Crippen LogP contribution in [0.25, 0.3) is 0 Å². The van der Waals surface area contributed by atoms with Crippen molar-refractivity contribution in [1.29, 1.82) is 0 Å². The van der Waals surface area contributed by atoms with E-state index in [9.17, 15) is 0 Å². The summed E-state index contributed by atoms with van der Waals surface area (Å²) in [6, 6.07) is 0. The van der Waals surface area contributed by atoms with Gasteiger partial charge in [0.25, 0.3) is 0 Å². The zero-order valence-electron chi connectivity index (χ0n) is 15.4. The van der Waals surface area contributed by atoms with Gasteiger partial charge in [-0.25, -0.2) is 0 Å². The molecule has 0 aromatic heterocycles. The van der Waals surface area contributed by atoms with Crippen LogP contribution in [-0.4, -0.2) is 52.4 Å². The molecule has 10 nitrogen and oxygen atoms in total. The third-order valence-corrected chi connectivity index (χ3v) is 3.42. The summed E-state index contributed by atoms with van der Waals surface area (Å²) in [5.41, 5.74) is 10.2. The van der Waals surface area contributed by atoms with Gasteiger partial charge < -0.3 is 37.9 Å². The van der Waals surface area contributed by atoms with Crippen LogP contribution in [0, 0.1) is 0 Å². The zero-order chi connectivity index (χ0) is 20.1. The van der Waals surface area contributed by atoms with Crippen molar-refractivity contribution >= 4 is 76.2 Å². The molecule has 26 heavy (non-hydrogen) atoms. The lowest BCUT2D eigenvalue weighted by atomic mass is 10.3. The van der Waals surface area contributed by atoms with Gasteiger partial charge in [0.15, 0.2) is 0 Å². The Kier molecular flexibility index (Phi) is 11.9. The average Bonchev–Trinajstić information content (AvgIpc) is 2.65. The molecule has 0 saturated carbocycles. The van der Waals surface area contributed by atoms with E-state index in [-0.39, 0.29) is 15.5 Å². The zero-order valence-corrected chi connectivity index (χ0v) is 17.8. The first-order valence-electron chi connectivity index (χ1n) is 7.19. The minimum atomic E-state index is 0.0865. The van der Waals surface area contributed by atoms with Crippen molar-refractivity contribution in [3.8, 4) is 0 Å². The number of hydrazone groups is 3. The first-order chi connectivity index (χ1) is 12.2. The SMILES string of the molecule is CN=C([S-])N/N=C(C)\C(C)=N/N=C([S-])N/N=C(C)\C(C)=N/NC([S-])=NC. The van der Waals surface area contributed by atoms with Crippen molar-refractivity contribution in [2.75, 3.05) is 14.1 Å². The molecular formula is C13H21N10S3-3. The minimum absolute atomic E-state index is 0.0865. The lowest BCUT2D eigenvalue weighted by molar-refractivity contribution is 1.01. The molecule has 13 heteroatoms. The summed E-state index contributed by atoms with van der Waals surface area (Å²) in [6.45, 7) is 6.99. The summed E-state index contributed by atoms with van der Waals surface area (Å²) >= 11 is 14.8. The highest BCUT2D eigenvalue weighted by molar-refractivity contribution is 7.77. The van der Waals surface area contributed by atoms with E-state index in [0.29, 0.717) is 22.8 Å². The highest BCUT2D eigenvalue weighted by atomic mass is 32.1. The van der Waals surface area contributed by atoms with E-state index in [0.717, 1.165) is 0 Å². The van der Waals surface area contributed by atoms with Gasteiger partial charge in [-0.3, -0.25) is 26.3 Å². The minimum Gasteiger partial charge on any atom is -0.741 e. The molecule has 0 aliphatic heterocycles. The third-order valence-electron chi connectivity index (χ3n) is 2.70. The lowest BCUT2D eigenvalue weighted by Crippen LogP contribution is -2.22. The fraction of sp³-hybridized carbons (Fsp3) is 0.462. The van der Waals surface area contributed by atoms with Crippen molar-refractivity contribution in [1.82, 2.24) is 16.3 Å². The average molecular weight is 414 g/mol. The Morgan fingerprint density at radius 3 is 1.27 bits per heavy atom. The number of hydrogen-bond acceptors (Lipinski definition) is 10. The second-order valence-corrected chi connectivity index (χ2v) is 5.74. The van der Waals surface area contributed by atoms with Crippen molar-refractivity contribution in [2.24, 2.45) is 35.5 Å². The topological polar surface area (TPSA) is 123 Å². The third kappa shape index (κ3) is 10.6. The maximum Gasteiger partial charge on any atom is 0.0829 e. The largest absolute Gasteiger partial charge is 0.741 e. The molecule has 0 aliphatic rings. The molecular weight excluding hydrogens is 392 g/mol. The van der Waals surface area contributed by atoms with E-state index in [1.54, 1.807) is 41.8 Å². The highest BCUT2D eigenvalue weighted by Gasteiger charge is 1.97. The van der Waals surface area contributed by atoms with Gasteiger partial charge in [0.05, 0.1) is 22.8 Å². The van der Waals surface area contributed by atoms with Gasteiger partial charge in [0.1, 0.15) is 0 Å². The number of hydrogen-bond donors (Lipinski definition) is 3. The quantitative estimate of drug-likeness (QED) is 0.248. The molecule has 0 heterocycles. The maximum absolute atomic E-state index is 5.04. The van der Waals surface area contributed by atoms with Crippen molar-refractivity contribution < 1.29 is 0 Å². The van der Waals surface area contributed by atoms with Gasteiger partial charge in [0.2, 0.25) is 0 Å². The summed E-state index contributed by atoms with van der Waals surface area (Å²) < 4.78 is 0. The molecule has 0 aliphatic carbocycles.